The maximum absolute atomic E-state index is 11.1. The van der Waals surface area contributed by atoms with Gasteiger partial charge in [-0.05, 0) is 12.5 Å². The van der Waals surface area contributed by atoms with E-state index in [0.29, 0.717) is 13.0 Å². The van der Waals surface area contributed by atoms with Crippen LogP contribution < -0.4 is 5.69 Å². The van der Waals surface area contributed by atoms with E-state index in [2.05, 4.69) is 10.9 Å². The summed E-state index contributed by atoms with van der Waals surface area (Å²) in [4.78, 5) is 14.7. The fourth-order valence-electron chi connectivity index (χ4n) is 0.911. The van der Waals surface area contributed by atoms with E-state index in [4.69, 9.17) is 6.42 Å². The van der Waals surface area contributed by atoms with Crippen LogP contribution in [0.3, 0.4) is 0 Å². The zero-order valence-corrected chi connectivity index (χ0v) is 6.95. The van der Waals surface area contributed by atoms with Crippen LogP contribution in [0, 0.1) is 19.3 Å². The number of rotatable bonds is 2. The lowest BCUT2D eigenvalue weighted by Gasteiger charge is -2.01. The van der Waals surface area contributed by atoms with Gasteiger partial charge in [-0.1, -0.05) is 0 Å². The molecule has 1 heterocycles. The summed E-state index contributed by atoms with van der Waals surface area (Å²) in [6, 6.07) is 0. The van der Waals surface area contributed by atoms with Crippen molar-refractivity contribution < 1.29 is 0 Å². The molecule has 1 aromatic heterocycles. The third-order valence-corrected chi connectivity index (χ3v) is 1.48. The summed E-state index contributed by atoms with van der Waals surface area (Å²) in [5.74, 6) is 2.48. The largest absolute Gasteiger partial charge is 0.347 e. The number of hydrogen-bond donors (Lipinski definition) is 0. The van der Waals surface area contributed by atoms with Crippen molar-refractivity contribution in [1.29, 1.82) is 0 Å². The van der Waals surface area contributed by atoms with Crippen LogP contribution >= 0.6 is 0 Å². The van der Waals surface area contributed by atoms with Gasteiger partial charge in [0.05, 0.1) is 0 Å². The van der Waals surface area contributed by atoms with E-state index in [9.17, 15) is 4.79 Å². The van der Waals surface area contributed by atoms with Gasteiger partial charge in [0.1, 0.15) is 0 Å². The number of hydrogen-bond acceptors (Lipinski definition) is 2. The highest BCUT2D eigenvalue weighted by molar-refractivity contribution is 5.00. The predicted octanol–water partition coefficient (Wildman–Crippen LogP) is 0.575. The molecule has 0 aliphatic heterocycles. The van der Waals surface area contributed by atoms with Gasteiger partial charge < -0.3 is 0 Å². The molecule has 62 valence electrons. The molecule has 12 heavy (non-hydrogen) atoms. The van der Waals surface area contributed by atoms with E-state index in [0.717, 1.165) is 5.56 Å². The van der Waals surface area contributed by atoms with Gasteiger partial charge in [-0.2, -0.15) is 0 Å². The molecular formula is C9H10N2O. The van der Waals surface area contributed by atoms with Crippen molar-refractivity contribution in [2.75, 3.05) is 0 Å². The van der Waals surface area contributed by atoms with Gasteiger partial charge in [0.15, 0.2) is 0 Å². The molecule has 0 saturated carbocycles. The van der Waals surface area contributed by atoms with E-state index in [1.165, 1.54) is 4.57 Å². The molecule has 0 N–H and O–H groups in total. The maximum atomic E-state index is 11.1. The molecule has 1 rings (SSSR count). The third kappa shape index (κ3) is 1.96. The quantitative estimate of drug-likeness (QED) is 0.596. The molecular weight excluding hydrogens is 152 g/mol. The number of aromatic nitrogens is 2. The molecule has 0 atom stereocenters. The van der Waals surface area contributed by atoms with Crippen molar-refractivity contribution in [3.63, 3.8) is 0 Å². The van der Waals surface area contributed by atoms with Gasteiger partial charge in [0, 0.05) is 25.4 Å². The van der Waals surface area contributed by atoms with Crippen LogP contribution in [-0.2, 0) is 6.54 Å². The molecule has 1 aromatic rings. The number of aryl methyl sites for hydroxylation is 2. The van der Waals surface area contributed by atoms with Gasteiger partial charge in [-0.3, -0.25) is 4.57 Å². The zero-order chi connectivity index (χ0) is 8.97. The Morgan fingerprint density at radius 1 is 1.75 bits per heavy atom. The molecule has 3 heteroatoms. The first-order valence-corrected chi connectivity index (χ1v) is 3.70. The molecule has 0 spiro atoms. The summed E-state index contributed by atoms with van der Waals surface area (Å²) in [5.41, 5.74) is 0.725. The SMILES string of the molecule is C#CCCn1cc(C)cnc1=O. The molecule has 0 bridgehead atoms. The molecule has 0 aromatic carbocycles. The average Bonchev–Trinajstić information content (AvgIpc) is 2.07. The lowest BCUT2D eigenvalue weighted by molar-refractivity contribution is 0.662. The fourth-order valence-corrected chi connectivity index (χ4v) is 0.911. The second-order valence-corrected chi connectivity index (χ2v) is 2.56. The van der Waals surface area contributed by atoms with Crippen molar-refractivity contribution in [2.24, 2.45) is 0 Å². The van der Waals surface area contributed by atoms with Crippen molar-refractivity contribution >= 4 is 0 Å². The molecule has 0 amide bonds. The average molecular weight is 162 g/mol. The Morgan fingerprint density at radius 3 is 3.17 bits per heavy atom. The Morgan fingerprint density at radius 2 is 2.50 bits per heavy atom. The maximum Gasteiger partial charge on any atom is 0.347 e. The summed E-state index contributed by atoms with van der Waals surface area (Å²) in [7, 11) is 0. The molecule has 3 nitrogen and oxygen atoms in total. The van der Waals surface area contributed by atoms with Gasteiger partial charge in [0.25, 0.3) is 0 Å². The summed E-state index contributed by atoms with van der Waals surface area (Å²) in [6.45, 7) is 2.43. The first-order chi connectivity index (χ1) is 5.74. The second kappa shape index (κ2) is 3.72. The summed E-state index contributed by atoms with van der Waals surface area (Å²) in [6.07, 6.45) is 8.95. The van der Waals surface area contributed by atoms with Crippen LogP contribution in [0.4, 0.5) is 0 Å². The van der Waals surface area contributed by atoms with Crippen molar-refractivity contribution in [3.05, 3.63) is 28.4 Å². The molecule has 0 aliphatic carbocycles. The normalized spacial score (nSPS) is 9.33. The van der Waals surface area contributed by atoms with Gasteiger partial charge in [0.2, 0.25) is 0 Å². The fraction of sp³-hybridized carbons (Fsp3) is 0.333. The molecule has 0 fully saturated rings. The lowest BCUT2D eigenvalue weighted by Crippen LogP contribution is -2.22. The Bertz CT molecular complexity index is 360. The first kappa shape index (κ1) is 8.54. The van der Waals surface area contributed by atoms with Crippen LogP contribution in [-0.4, -0.2) is 9.55 Å². The first-order valence-electron chi connectivity index (χ1n) is 3.70. The van der Waals surface area contributed by atoms with E-state index < -0.39 is 0 Å². The van der Waals surface area contributed by atoms with E-state index in [-0.39, 0.29) is 5.69 Å². The molecule has 0 aliphatic rings. The third-order valence-electron chi connectivity index (χ3n) is 1.48. The predicted molar refractivity (Wildman–Crippen MR) is 46.7 cm³/mol. The van der Waals surface area contributed by atoms with E-state index >= 15 is 0 Å². The van der Waals surface area contributed by atoms with Crippen LogP contribution in [0.1, 0.15) is 12.0 Å². The standard InChI is InChI=1S/C9H10N2O/c1-3-4-5-11-7-8(2)6-10-9(11)12/h1,6-7H,4-5H2,2H3. The number of terminal acetylenes is 1. The minimum Gasteiger partial charge on any atom is -0.298 e. The van der Waals surface area contributed by atoms with Crippen LogP contribution in [0.5, 0.6) is 0 Å². The smallest absolute Gasteiger partial charge is 0.298 e. The van der Waals surface area contributed by atoms with Gasteiger partial charge >= 0.3 is 5.69 Å². The summed E-state index contributed by atoms with van der Waals surface area (Å²) >= 11 is 0. The van der Waals surface area contributed by atoms with E-state index in [1.807, 2.05) is 6.92 Å². The van der Waals surface area contributed by atoms with Crippen molar-refractivity contribution in [3.8, 4) is 12.3 Å². The van der Waals surface area contributed by atoms with Gasteiger partial charge in [-0.15, -0.1) is 12.3 Å². The minimum atomic E-state index is -0.240. The van der Waals surface area contributed by atoms with Crippen molar-refractivity contribution in [2.45, 2.75) is 19.9 Å². The summed E-state index contributed by atoms with van der Waals surface area (Å²) < 4.78 is 1.52. The Balaban J connectivity index is 2.92. The van der Waals surface area contributed by atoms with Crippen molar-refractivity contribution in [1.82, 2.24) is 9.55 Å². The Labute approximate surface area is 71.1 Å². The summed E-state index contributed by atoms with van der Waals surface area (Å²) in [5, 5.41) is 0. The zero-order valence-electron chi connectivity index (χ0n) is 6.95. The second-order valence-electron chi connectivity index (χ2n) is 2.56. The van der Waals surface area contributed by atoms with Gasteiger partial charge in [-0.25, -0.2) is 9.78 Å². The van der Waals surface area contributed by atoms with Crippen LogP contribution in [0.15, 0.2) is 17.2 Å². The highest BCUT2D eigenvalue weighted by Gasteiger charge is 1.94. The van der Waals surface area contributed by atoms with Crippen LogP contribution in [0.25, 0.3) is 0 Å². The monoisotopic (exact) mass is 162 g/mol. The van der Waals surface area contributed by atoms with E-state index in [1.54, 1.807) is 12.4 Å². The molecule has 0 saturated heterocycles. The Hall–Kier alpha value is -1.56. The highest BCUT2D eigenvalue weighted by Crippen LogP contribution is 1.90. The molecule has 0 radical (unpaired) electrons. The Kier molecular flexibility index (Phi) is 2.65. The number of nitrogens with zero attached hydrogens (tertiary/aromatic N) is 2. The minimum absolute atomic E-state index is 0.240. The molecule has 0 unspecified atom stereocenters. The van der Waals surface area contributed by atoms with Crippen LogP contribution in [0.2, 0.25) is 0 Å². The lowest BCUT2D eigenvalue weighted by atomic mass is 10.4. The highest BCUT2D eigenvalue weighted by atomic mass is 16.1. The topological polar surface area (TPSA) is 34.9 Å².